The second-order valence-corrected chi connectivity index (χ2v) is 13.5. The summed E-state index contributed by atoms with van der Waals surface area (Å²) in [5.74, 6) is -3.31. The third-order valence-corrected chi connectivity index (χ3v) is 10.5. The van der Waals surface area contributed by atoms with Gasteiger partial charge in [0.2, 0.25) is 6.54 Å². The van der Waals surface area contributed by atoms with Crippen molar-refractivity contribution >= 4 is 56.6 Å². The summed E-state index contributed by atoms with van der Waals surface area (Å²) in [5, 5.41) is 0.863. The minimum Gasteiger partial charge on any atom is -0.461 e. The van der Waals surface area contributed by atoms with Gasteiger partial charge in [-0.15, -0.1) is 0 Å². The van der Waals surface area contributed by atoms with Crippen LogP contribution in [0.25, 0.3) is 37.6 Å². The molecule has 4 aromatic rings. The molecule has 1 aromatic heterocycles. The molecule has 0 spiro atoms. The van der Waals surface area contributed by atoms with Crippen LogP contribution in [0.3, 0.4) is 0 Å². The Morgan fingerprint density at radius 1 is 1.14 bits per heavy atom. The molecule has 254 valence electrons. The molecule has 3 saturated heterocycles. The monoisotopic (exact) mass is 712 g/mol. The summed E-state index contributed by atoms with van der Waals surface area (Å²) in [6.07, 6.45) is 0.930. The first-order valence-electron chi connectivity index (χ1n) is 15.8. The summed E-state index contributed by atoms with van der Waals surface area (Å²) in [7, 11) is 0. The first-order chi connectivity index (χ1) is 23.5. The van der Waals surface area contributed by atoms with Crippen LogP contribution in [0, 0.1) is 18.2 Å². The number of alkyl halides is 1. The van der Waals surface area contributed by atoms with Crippen LogP contribution >= 0.6 is 23.2 Å². The van der Waals surface area contributed by atoms with Crippen molar-refractivity contribution in [1.82, 2.24) is 19.8 Å². The number of benzene rings is 3. The fourth-order valence-electron chi connectivity index (χ4n) is 7.61. The van der Waals surface area contributed by atoms with Gasteiger partial charge in [-0.2, -0.15) is 9.97 Å². The van der Waals surface area contributed by atoms with Crippen molar-refractivity contribution in [2.75, 3.05) is 50.8 Å². The Labute approximate surface area is 289 Å². The molecular formula is C35H30Cl2F4N6O2. The van der Waals surface area contributed by atoms with Crippen LogP contribution in [0.4, 0.5) is 23.4 Å². The SMILES string of the molecule is [C-]#[N+]C[C@H]1CN(c2nc(OC[C@@]34CCCN3C[C@H](F)C4)nc3c(F)c(-c4cccc5ccc(F)c(Cl)c45)c(Cl)cc23)CCN1C(=O)C(=C)F. The van der Waals surface area contributed by atoms with E-state index in [9.17, 15) is 18.0 Å². The molecule has 3 aliphatic rings. The Balaban J connectivity index is 1.36. The lowest BCUT2D eigenvalue weighted by atomic mass is 9.95. The first kappa shape index (κ1) is 33.3. The highest BCUT2D eigenvalue weighted by Gasteiger charge is 2.49. The van der Waals surface area contributed by atoms with Gasteiger partial charge in [0.15, 0.2) is 11.6 Å². The second kappa shape index (κ2) is 12.9. The maximum atomic E-state index is 17.0. The van der Waals surface area contributed by atoms with Crippen LogP contribution in [0.2, 0.25) is 10.0 Å². The number of carbonyl (C=O) groups excluding carboxylic acids is 1. The van der Waals surface area contributed by atoms with Gasteiger partial charge in [-0.3, -0.25) is 9.69 Å². The van der Waals surface area contributed by atoms with Crippen molar-refractivity contribution in [2.45, 2.75) is 37.0 Å². The largest absolute Gasteiger partial charge is 0.461 e. The molecular weight excluding hydrogens is 683 g/mol. The summed E-state index contributed by atoms with van der Waals surface area (Å²) in [6.45, 7) is 11.8. The minimum absolute atomic E-state index is 0.0166. The predicted octanol–water partition coefficient (Wildman–Crippen LogP) is 7.41. The normalized spacial score (nSPS) is 22.5. The number of ether oxygens (including phenoxy) is 1. The number of fused-ring (bicyclic) bond motifs is 3. The summed E-state index contributed by atoms with van der Waals surface area (Å²) < 4.78 is 66.2. The van der Waals surface area contributed by atoms with E-state index in [0.29, 0.717) is 18.4 Å². The van der Waals surface area contributed by atoms with E-state index >= 15 is 4.39 Å². The topological polar surface area (TPSA) is 66.2 Å². The van der Waals surface area contributed by atoms with Gasteiger partial charge in [0, 0.05) is 48.9 Å². The zero-order valence-corrected chi connectivity index (χ0v) is 27.7. The number of nitrogens with zero attached hydrogens (tertiary/aromatic N) is 6. The Bertz CT molecular complexity index is 2060. The molecule has 3 aromatic carbocycles. The van der Waals surface area contributed by atoms with Crippen LogP contribution < -0.4 is 9.64 Å². The van der Waals surface area contributed by atoms with E-state index in [1.807, 2.05) is 0 Å². The maximum Gasteiger partial charge on any atom is 0.319 e. The van der Waals surface area contributed by atoms with Gasteiger partial charge < -0.3 is 19.4 Å². The highest BCUT2D eigenvalue weighted by molar-refractivity contribution is 6.38. The number of rotatable bonds is 7. The molecule has 8 nitrogen and oxygen atoms in total. The third kappa shape index (κ3) is 5.81. The van der Waals surface area contributed by atoms with Crippen LogP contribution in [0.1, 0.15) is 19.3 Å². The van der Waals surface area contributed by atoms with Crippen molar-refractivity contribution < 1.29 is 27.1 Å². The first-order valence-corrected chi connectivity index (χ1v) is 16.6. The van der Waals surface area contributed by atoms with Crippen LogP contribution in [-0.2, 0) is 4.79 Å². The maximum absolute atomic E-state index is 17.0. The summed E-state index contributed by atoms with van der Waals surface area (Å²) in [5.41, 5.74) is -0.475. The number of anilines is 1. The molecule has 3 fully saturated rings. The molecule has 1 amide bonds. The Kier molecular flexibility index (Phi) is 8.80. The van der Waals surface area contributed by atoms with Gasteiger partial charge in [-0.05, 0) is 42.5 Å². The number of halogens is 6. The molecule has 3 atom stereocenters. The van der Waals surface area contributed by atoms with E-state index in [4.69, 9.17) is 34.5 Å². The van der Waals surface area contributed by atoms with Crippen molar-refractivity contribution in [2.24, 2.45) is 0 Å². The lowest BCUT2D eigenvalue weighted by Gasteiger charge is -2.39. The fourth-order valence-corrected chi connectivity index (χ4v) is 8.18. The second-order valence-electron chi connectivity index (χ2n) is 12.7. The molecule has 4 heterocycles. The smallest absolute Gasteiger partial charge is 0.319 e. The van der Waals surface area contributed by atoms with E-state index in [2.05, 4.69) is 26.3 Å². The van der Waals surface area contributed by atoms with E-state index in [-0.39, 0.29) is 82.1 Å². The molecule has 0 aliphatic carbocycles. The Morgan fingerprint density at radius 2 is 1.96 bits per heavy atom. The number of piperazine rings is 1. The van der Waals surface area contributed by atoms with Crippen molar-refractivity contribution in [3.05, 3.63) is 81.9 Å². The summed E-state index contributed by atoms with van der Waals surface area (Å²) in [4.78, 5) is 30.3. The van der Waals surface area contributed by atoms with Gasteiger partial charge in [-0.1, -0.05) is 54.0 Å². The van der Waals surface area contributed by atoms with Gasteiger partial charge in [0.1, 0.15) is 36.0 Å². The Hall–Kier alpha value is -4.18. The molecule has 3 aliphatic heterocycles. The lowest BCUT2D eigenvalue weighted by molar-refractivity contribution is -0.131. The van der Waals surface area contributed by atoms with Crippen LogP contribution in [-0.4, -0.2) is 89.3 Å². The van der Waals surface area contributed by atoms with Crippen molar-refractivity contribution in [3.63, 3.8) is 0 Å². The molecule has 0 saturated carbocycles. The lowest BCUT2D eigenvalue weighted by Crippen LogP contribution is -2.56. The third-order valence-electron chi connectivity index (χ3n) is 9.85. The highest BCUT2D eigenvalue weighted by atomic mass is 35.5. The van der Waals surface area contributed by atoms with E-state index in [0.717, 1.165) is 19.4 Å². The van der Waals surface area contributed by atoms with Gasteiger partial charge in [0.25, 0.3) is 5.91 Å². The number of carbonyl (C=O) groups is 1. The van der Waals surface area contributed by atoms with Gasteiger partial charge >= 0.3 is 6.01 Å². The summed E-state index contributed by atoms with van der Waals surface area (Å²) >= 11 is 13.2. The predicted molar refractivity (Wildman–Crippen MR) is 180 cm³/mol. The number of hydrogen-bond acceptors (Lipinski definition) is 6. The molecule has 7 rings (SSSR count). The quantitative estimate of drug-likeness (QED) is 0.113. The average molecular weight is 714 g/mol. The standard InChI is InChI=1S/C35H30Cl2F4N6O2/c1-19(38)33(48)47-12-11-45(17-22(47)15-42-2)32-24-13-25(36)28(23-6-3-5-20-7-8-26(40)29(37)27(20)23)30(41)31(24)43-34(44-32)49-18-35-9-4-10-46(35)16-21(39)14-35/h3,5-8,13,21-22H,1,4,9-12,14-18H2/t21-,22+,35+/m1/s1. The van der Waals surface area contributed by atoms with E-state index in [1.54, 1.807) is 23.1 Å². The van der Waals surface area contributed by atoms with Crippen molar-refractivity contribution in [1.29, 1.82) is 0 Å². The zero-order valence-electron chi connectivity index (χ0n) is 26.2. The molecule has 0 N–H and O–H groups in total. The van der Waals surface area contributed by atoms with Gasteiger partial charge in [-0.25, -0.2) is 24.1 Å². The number of aromatic nitrogens is 2. The average Bonchev–Trinajstić information content (AvgIpc) is 3.61. The van der Waals surface area contributed by atoms with Crippen LogP contribution in [0.5, 0.6) is 6.01 Å². The van der Waals surface area contributed by atoms with Crippen molar-refractivity contribution in [3.8, 4) is 17.1 Å². The zero-order chi connectivity index (χ0) is 34.6. The molecule has 0 bridgehead atoms. The van der Waals surface area contributed by atoms with Gasteiger partial charge in [0.05, 0.1) is 15.6 Å². The van der Waals surface area contributed by atoms with Crippen LogP contribution in [0.15, 0.2) is 48.8 Å². The fraction of sp³-hybridized carbons (Fsp3) is 0.371. The number of hydrogen-bond donors (Lipinski definition) is 0. The highest BCUT2D eigenvalue weighted by Crippen LogP contribution is 2.44. The van der Waals surface area contributed by atoms with E-state index < -0.39 is 41.1 Å². The van der Waals surface area contributed by atoms with E-state index in [1.165, 1.54) is 23.1 Å². The number of amides is 1. The minimum atomic E-state index is -1.14. The molecule has 0 radical (unpaired) electrons. The Morgan fingerprint density at radius 3 is 2.73 bits per heavy atom. The molecule has 0 unspecified atom stereocenters. The molecule has 14 heteroatoms. The molecule has 49 heavy (non-hydrogen) atoms. The summed E-state index contributed by atoms with van der Waals surface area (Å²) in [6, 6.07) is 8.40.